The van der Waals surface area contributed by atoms with Gasteiger partial charge in [-0.15, -0.1) is 0 Å². The molecule has 1 heterocycles. The SMILES string of the molecule is CNCc1ccc(N2CCOCC2C(N)=O)cc1. The lowest BCUT2D eigenvalue weighted by molar-refractivity contribution is -0.121. The van der Waals surface area contributed by atoms with Gasteiger partial charge in [-0.25, -0.2) is 0 Å². The van der Waals surface area contributed by atoms with Gasteiger partial charge in [0.25, 0.3) is 0 Å². The van der Waals surface area contributed by atoms with Crippen LogP contribution in [-0.2, 0) is 16.1 Å². The van der Waals surface area contributed by atoms with Gasteiger partial charge in [-0.3, -0.25) is 4.79 Å². The molecule has 2 rings (SSSR count). The Morgan fingerprint density at radius 2 is 2.22 bits per heavy atom. The van der Waals surface area contributed by atoms with E-state index in [1.54, 1.807) is 0 Å². The number of morpholine rings is 1. The number of amides is 1. The maximum Gasteiger partial charge on any atom is 0.242 e. The van der Waals surface area contributed by atoms with Crippen molar-refractivity contribution in [2.75, 3.05) is 31.7 Å². The molecule has 1 aliphatic heterocycles. The number of nitrogens with zero attached hydrogens (tertiary/aromatic N) is 1. The van der Waals surface area contributed by atoms with E-state index >= 15 is 0 Å². The molecule has 0 aromatic heterocycles. The van der Waals surface area contributed by atoms with E-state index in [0.717, 1.165) is 12.2 Å². The average Bonchev–Trinajstić information content (AvgIpc) is 2.40. The van der Waals surface area contributed by atoms with E-state index in [9.17, 15) is 4.79 Å². The molecule has 0 aliphatic carbocycles. The highest BCUT2D eigenvalue weighted by Crippen LogP contribution is 2.20. The number of anilines is 1. The van der Waals surface area contributed by atoms with E-state index in [1.165, 1.54) is 5.56 Å². The van der Waals surface area contributed by atoms with E-state index in [-0.39, 0.29) is 11.9 Å². The lowest BCUT2D eigenvalue weighted by Gasteiger charge is -2.35. The average molecular weight is 249 g/mol. The van der Waals surface area contributed by atoms with Crippen LogP contribution >= 0.6 is 0 Å². The molecule has 0 spiro atoms. The first-order valence-electron chi connectivity index (χ1n) is 6.09. The largest absolute Gasteiger partial charge is 0.377 e. The summed E-state index contributed by atoms with van der Waals surface area (Å²) in [5, 5.41) is 3.10. The zero-order valence-corrected chi connectivity index (χ0v) is 10.6. The number of rotatable bonds is 4. The van der Waals surface area contributed by atoms with Crippen molar-refractivity contribution in [1.29, 1.82) is 0 Å². The molecule has 18 heavy (non-hydrogen) atoms. The van der Waals surface area contributed by atoms with Crippen molar-refractivity contribution in [1.82, 2.24) is 5.32 Å². The van der Waals surface area contributed by atoms with Gasteiger partial charge in [-0.2, -0.15) is 0 Å². The zero-order chi connectivity index (χ0) is 13.0. The molecule has 1 aliphatic rings. The van der Waals surface area contributed by atoms with Crippen LogP contribution in [0.5, 0.6) is 0 Å². The van der Waals surface area contributed by atoms with Gasteiger partial charge in [0.1, 0.15) is 6.04 Å². The number of hydrogen-bond donors (Lipinski definition) is 2. The van der Waals surface area contributed by atoms with Gasteiger partial charge in [0.15, 0.2) is 0 Å². The maximum atomic E-state index is 11.4. The monoisotopic (exact) mass is 249 g/mol. The quantitative estimate of drug-likeness (QED) is 0.794. The Bertz CT molecular complexity index is 405. The second-order valence-electron chi connectivity index (χ2n) is 4.38. The number of benzene rings is 1. The Kier molecular flexibility index (Phi) is 4.17. The number of carbonyl (C=O) groups excluding carboxylic acids is 1. The summed E-state index contributed by atoms with van der Waals surface area (Å²) >= 11 is 0. The minimum absolute atomic E-state index is 0.339. The third kappa shape index (κ3) is 2.80. The molecule has 1 aromatic rings. The van der Waals surface area contributed by atoms with E-state index in [0.29, 0.717) is 19.8 Å². The summed E-state index contributed by atoms with van der Waals surface area (Å²) in [5.74, 6) is -0.339. The standard InChI is InChI=1S/C13H19N3O2/c1-15-8-10-2-4-11(5-3-10)16-6-7-18-9-12(16)13(14)17/h2-5,12,15H,6-9H2,1H3,(H2,14,17). The molecule has 5 nitrogen and oxygen atoms in total. The van der Waals surface area contributed by atoms with E-state index in [2.05, 4.69) is 17.4 Å². The normalized spacial score (nSPS) is 19.8. The summed E-state index contributed by atoms with van der Waals surface area (Å²) in [4.78, 5) is 13.4. The number of nitrogens with two attached hydrogens (primary N) is 1. The third-order valence-corrected chi connectivity index (χ3v) is 3.11. The number of primary amides is 1. The van der Waals surface area contributed by atoms with Crippen molar-refractivity contribution >= 4 is 11.6 Å². The van der Waals surface area contributed by atoms with Crippen molar-refractivity contribution < 1.29 is 9.53 Å². The van der Waals surface area contributed by atoms with E-state index in [1.807, 2.05) is 24.1 Å². The smallest absolute Gasteiger partial charge is 0.242 e. The number of nitrogens with one attached hydrogen (secondary N) is 1. The van der Waals surface area contributed by atoms with Crippen molar-refractivity contribution in [2.45, 2.75) is 12.6 Å². The molecular formula is C13H19N3O2. The molecule has 0 radical (unpaired) electrons. The Labute approximate surface area is 107 Å². The molecule has 3 N–H and O–H groups in total. The van der Waals surface area contributed by atoms with Crippen molar-refractivity contribution in [3.63, 3.8) is 0 Å². The molecule has 1 unspecified atom stereocenters. The molecule has 1 saturated heterocycles. The second-order valence-corrected chi connectivity index (χ2v) is 4.38. The summed E-state index contributed by atoms with van der Waals surface area (Å²) in [6, 6.07) is 7.79. The first-order valence-corrected chi connectivity index (χ1v) is 6.09. The lowest BCUT2D eigenvalue weighted by atomic mass is 10.1. The Morgan fingerprint density at radius 1 is 1.50 bits per heavy atom. The minimum atomic E-state index is -0.367. The molecular weight excluding hydrogens is 230 g/mol. The highest BCUT2D eigenvalue weighted by molar-refractivity contribution is 5.84. The van der Waals surface area contributed by atoms with Crippen molar-refractivity contribution in [2.24, 2.45) is 5.73 Å². The van der Waals surface area contributed by atoms with E-state index in [4.69, 9.17) is 10.5 Å². The van der Waals surface area contributed by atoms with E-state index < -0.39 is 0 Å². The van der Waals surface area contributed by atoms with Crippen molar-refractivity contribution in [3.8, 4) is 0 Å². The summed E-state index contributed by atoms with van der Waals surface area (Å²) in [5.41, 5.74) is 7.63. The molecule has 1 atom stereocenters. The Morgan fingerprint density at radius 3 is 2.83 bits per heavy atom. The number of carbonyl (C=O) groups is 1. The van der Waals surface area contributed by atoms with Gasteiger partial charge in [0, 0.05) is 18.8 Å². The molecule has 5 heteroatoms. The van der Waals surface area contributed by atoms with Gasteiger partial charge in [-0.1, -0.05) is 12.1 Å². The van der Waals surface area contributed by atoms with Crippen molar-refractivity contribution in [3.05, 3.63) is 29.8 Å². The summed E-state index contributed by atoms with van der Waals surface area (Å²) < 4.78 is 5.30. The summed E-state index contributed by atoms with van der Waals surface area (Å²) in [7, 11) is 1.92. The number of hydrogen-bond acceptors (Lipinski definition) is 4. The van der Waals surface area contributed by atoms with Crippen LogP contribution in [0.4, 0.5) is 5.69 Å². The van der Waals surface area contributed by atoms with Crippen LogP contribution in [0.1, 0.15) is 5.56 Å². The minimum Gasteiger partial charge on any atom is -0.377 e. The first-order chi connectivity index (χ1) is 8.72. The fourth-order valence-electron chi connectivity index (χ4n) is 2.16. The van der Waals surface area contributed by atoms with Gasteiger partial charge in [-0.05, 0) is 24.7 Å². The van der Waals surface area contributed by atoms with Crippen LogP contribution in [-0.4, -0.2) is 38.8 Å². The van der Waals surface area contributed by atoms with Crippen LogP contribution in [0.15, 0.2) is 24.3 Å². The maximum absolute atomic E-state index is 11.4. The summed E-state index contributed by atoms with van der Waals surface area (Å²) in [6.45, 7) is 2.53. The fourth-order valence-corrected chi connectivity index (χ4v) is 2.16. The fraction of sp³-hybridized carbons (Fsp3) is 0.462. The predicted molar refractivity (Wildman–Crippen MR) is 70.4 cm³/mol. The van der Waals surface area contributed by atoms with Crippen LogP contribution in [0.2, 0.25) is 0 Å². The summed E-state index contributed by atoms with van der Waals surface area (Å²) in [6.07, 6.45) is 0. The molecule has 1 amide bonds. The molecule has 1 fully saturated rings. The van der Waals surface area contributed by atoms with Gasteiger partial charge in [0.05, 0.1) is 13.2 Å². The molecule has 0 bridgehead atoms. The second kappa shape index (κ2) is 5.84. The van der Waals surface area contributed by atoms with Gasteiger partial charge < -0.3 is 20.7 Å². The van der Waals surface area contributed by atoms with Gasteiger partial charge in [0.2, 0.25) is 5.91 Å². The number of ether oxygens (including phenoxy) is 1. The van der Waals surface area contributed by atoms with Crippen LogP contribution in [0.25, 0.3) is 0 Å². The highest BCUT2D eigenvalue weighted by atomic mass is 16.5. The van der Waals surface area contributed by atoms with Crippen LogP contribution in [0, 0.1) is 0 Å². The molecule has 1 aromatic carbocycles. The zero-order valence-electron chi connectivity index (χ0n) is 10.6. The highest BCUT2D eigenvalue weighted by Gasteiger charge is 2.27. The van der Waals surface area contributed by atoms with Crippen LogP contribution < -0.4 is 16.0 Å². The molecule has 0 saturated carbocycles. The Hall–Kier alpha value is -1.59. The third-order valence-electron chi connectivity index (χ3n) is 3.11. The Balaban J connectivity index is 2.15. The first kappa shape index (κ1) is 12.9. The van der Waals surface area contributed by atoms with Gasteiger partial charge >= 0.3 is 0 Å². The molecule has 98 valence electrons. The van der Waals surface area contributed by atoms with Crippen LogP contribution in [0.3, 0.4) is 0 Å². The topological polar surface area (TPSA) is 67.6 Å². The lowest BCUT2D eigenvalue weighted by Crippen LogP contribution is -2.52. The predicted octanol–water partition coefficient (Wildman–Crippen LogP) is 0.0965.